The van der Waals surface area contributed by atoms with Crippen molar-refractivity contribution in [1.82, 2.24) is 0 Å². The normalized spacial score (nSPS) is 10.4. The highest BCUT2D eigenvalue weighted by molar-refractivity contribution is 5.89. The van der Waals surface area contributed by atoms with E-state index < -0.39 is 5.92 Å². The van der Waals surface area contributed by atoms with Gasteiger partial charge in [0.2, 0.25) is 0 Å². The van der Waals surface area contributed by atoms with E-state index >= 15 is 0 Å². The molecular formula is C32H28O2. The van der Waals surface area contributed by atoms with Gasteiger partial charge in [-0.1, -0.05) is 133 Å². The zero-order valence-electron chi connectivity index (χ0n) is 19.3. The average Bonchev–Trinajstić information content (AvgIpc) is 2.91. The first-order valence-electron chi connectivity index (χ1n) is 11.6. The molecule has 34 heavy (non-hydrogen) atoms. The van der Waals surface area contributed by atoms with Crippen molar-refractivity contribution in [3.63, 3.8) is 0 Å². The number of carbonyl (C=O) groups is 1. The molecule has 0 unspecified atom stereocenters. The standard InChI is InChI=1S/C32H28O2/c1-2-34-32(33)29(23-30(25-15-7-3-8-16-25)26-17-9-4-10-18-26)24-31(27-19-11-5-12-20-27)28-21-13-6-14-22-28/h3-24,29H,2H2,1H3. The molecule has 0 amide bonds. The molecule has 0 aliphatic carbocycles. The third-order valence-electron chi connectivity index (χ3n) is 5.59. The van der Waals surface area contributed by atoms with Crippen LogP contribution in [0.25, 0.3) is 11.1 Å². The van der Waals surface area contributed by atoms with Crippen LogP contribution in [0.15, 0.2) is 133 Å². The lowest BCUT2D eigenvalue weighted by Crippen LogP contribution is -2.15. The van der Waals surface area contributed by atoms with Gasteiger partial charge < -0.3 is 4.74 Å². The van der Waals surface area contributed by atoms with Gasteiger partial charge in [-0.15, -0.1) is 0 Å². The Kier molecular flexibility index (Phi) is 7.86. The molecule has 0 saturated heterocycles. The molecule has 0 aliphatic rings. The highest BCUT2D eigenvalue weighted by atomic mass is 16.5. The van der Waals surface area contributed by atoms with Crippen LogP contribution in [0, 0.1) is 5.92 Å². The molecule has 2 heteroatoms. The predicted octanol–water partition coefficient (Wildman–Crippen LogP) is 7.43. The minimum Gasteiger partial charge on any atom is -0.465 e. The summed E-state index contributed by atoms with van der Waals surface area (Å²) in [6, 6.07) is 40.7. The van der Waals surface area contributed by atoms with E-state index in [2.05, 4.69) is 48.5 Å². The van der Waals surface area contributed by atoms with Crippen LogP contribution in [0.3, 0.4) is 0 Å². The van der Waals surface area contributed by atoms with Crippen LogP contribution < -0.4 is 0 Å². The van der Waals surface area contributed by atoms with Crippen molar-refractivity contribution < 1.29 is 9.53 Å². The fourth-order valence-electron chi connectivity index (χ4n) is 3.97. The van der Waals surface area contributed by atoms with Crippen molar-refractivity contribution in [2.45, 2.75) is 6.92 Å². The second-order valence-electron chi connectivity index (χ2n) is 7.90. The van der Waals surface area contributed by atoms with Crippen LogP contribution in [0.4, 0.5) is 0 Å². The maximum Gasteiger partial charge on any atom is 0.316 e. The Balaban J connectivity index is 1.90. The van der Waals surface area contributed by atoms with E-state index in [-0.39, 0.29) is 5.97 Å². The first kappa shape index (κ1) is 23.0. The molecule has 0 bridgehead atoms. The van der Waals surface area contributed by atoms with Crippen LogP contribution >= 0.6 is 0 Å². The number of hydrogen-bond acceptors (Lipinski definition) is 2. The SMILES string of the molecule is CCOC(=O)C(C=C(c1ccccc1)c1ccccc1)C=C(c1ccccc1)c1ccccc1. The first-order chi connectivity index (χ1) is 16.8. The zero-order valence-corrected chi connectivity index (χ0v) is 19.3. The monoisotopic (exact) mass is 444 g/mol. The topological polar surface area (TPSA) is 26.3 Å². The predicted molar refractivity (Wildman–Crippen MR) is 140 cm³/mol. The molecule has 0 N–H and O–H groups in total. The highest BCUT2D eigenvalue weighted by Gasteiger charge is 2.19. The minimum absolute atomic E-state index is 0.267. The number of hydrogen-bond donors (Lipinski definition) is 0. The van der Waals surface area contributed by atoms with Crippen molar-refractivity contribution in [3.05, 3.63) is 156 Å². The molecule has 4 aromatic rings. The summed E-state index contributed by atoms with van der Waals surface area (Å²) in [5.41, 5.74) is 6.21. The second kappa shape index (κ2) is 11.6. The largest absolute Gasteiger partial charge is 0.465 e. The lowest BCUT2D eigenvalue weighted by Gasteiger charge is -2.16. The van der Waals surface area contributed by atoms with Crippen LogP contribution in [-0.4, -0.2) is 12.6 Å². The number of ether oxygens (including phenoxy) is 1. The van der Waals surface area contributed by atoms with E-state index in [1.54, 1.807) is 0 Å². The molecule has 168 valence electrons. The summed E-state index contributed by atoms with van der Waals surface area (Å²) in [5.74, 6) is -0.831. The van der Waals surface area contributed by atoms with E-state index in [9.17, 15) is 4.79 Å². The lowest BCUT2D eigenvalue weighted by molar-refractivity contribution is -0.144. The van der Waals surface area contributed by atoms with Crippen molar-refractivity contribution >= 4 is 17.1 Å². The summed E-state index contributed by atoms with van der Waals surface area (Å²) in [6.45, 7) is 2.17. The molecule has 0 aromatic heterocycles. The van der Waals surface area contributed by atoms with Crippen molar-refractivity contribution in [2.75, 3.05) is 6.61 Å². The molecule has 0 fully saturated rings. The molecule has 0 saturated carbocycles. The van der Waals surface area contributed by atoms with Gasteiger partial charge in [-0.3, -0.25) is 4.79 Å². The highest BCUT2D eigenvalue weighted by Crippen LogP contribution is 2.30. The van der Waals surface area contributed by atoms with E-state index in [0.29, 0.717) is 6.61 Å². The van der Waals surface area contributed by atoms with Gasteiger partial charge in [0.1, 0.15) is 0 Å². The Hall–Kier alpha value is -4.17. The van der Waals surface area contributed by atoms with Crippen LogP contribution in [-0.2, 0) is 9.53 Å². The summed E-state index contributed by atoms with van der Waals surface area (Å²) in [4.78, 5) is 13.2. The zero-order chi connectivity index (χ0) is 23.6. The van der Waals surface area contributed by atoms with Gasteiger partial charge in [0.25, 0.3) is 0 Å². The number of esters is 1. The Bertz CT molecular complexity index is 1070. The number of carbonyl (C=O) groups excluding carboxylic acids is 1. The fourth-order valence-corrected chi connectivity index (χ4v) is 3.97. The van der Waals surface area contributed by atoms with Crippen molar-refractivity contribution in [3.8, 4) is 0 Å². The van der Waals surface area contributed by atoms with E-state index in [0.717, 1.165) is 33.4 Å². The average molecular weight is 445 g/mol. The maximum absolute atomic E-state index is 13.2. The molecule has 0 aliphatic heterocycles. The molecule has 0 heterocycles. The van der Waals surface area contributed by atoms with Gasteiger partial charge in [-0.05, 0) is 40.3 Å². The summed E-state index contributed by atoms with van der Waals surface area (Å²) in [5, 5.41) is 0. The number of benzene rings is 4. The smallest absolute Gasteiger partial charge is 0.316 e. The number of rotatable bonds is 8. The molecule has 0 radical (unpaired) electrons. The third kappa shape index (κ3) is 5.79. The lowest BCUT2D eigenvalue weighted by atomic mass is 9.90. The Labute approximate surface area is 201 Å². The summed E-state index contributed by atoms with van der Waals surface area (Å²) >= 11 is 0. The molecule has 4 aromatic carbocycles. The summed E-state index contributed by atoms with van der Waals surface area (Å²) in [6.07, 6.45) is 4.04. The maximum atomic E-state index is 13.2. The van der Waals surface area contributed by atoms with Crippen molar-refractivity contribution in [2.24, 2.45) is 5.92 Å². The van der Waals surface area contributed by atoms with Gasteiger partial charge in [0.05, 0.1) is 12.5 Å². The van der Waals surface area contributed by atoms with Gasteiger partial charge in [0.15, 0.2) is 0 Å². The minimum atomic E-state index is -0.564. The van der Waals surface area contributed by atoms with Crippen LogP contribution in [0.5, 0.6) is 0 Å². The fraction of sp³-hybridized carbons (Fsp3) is 0.0938. The van der Waals surface area contributed by atoms with Crippen LogP contribution in [0.2, 0.25) is 0 Å². The molecule has 0 spiro atoms. The Morgan fingerprint density at radius 3 is 1.15 bits per heavy atom. The second-order valence-corrected chi connectivity index (χ2v) is 7.90. The molecular weight excluding hydrogens is 416 g/mol. The summed E-state index contributed by atoms with van der Waals surface area (Å²) in [7, 11) is 0. The Morgan fingerprint density at radius 1 is 0.588 bits per heavy atom. The molecule has 4 rings (SSSR count). The first-order valence-corrected chi connectivity index (χ1v) is 11.6. The van der Waals surface area contributed by atoms with Gasteiger partial charge in [-0.25, -0.2) is 0 Å². The van der Waals surface area contributed by atoms with Crippen LogP contribution in [0.1, 0.15) is 29.2 Å². The quantitative estimate of drug-likeness (QED) is 0.264. The Morgan fingerprint density at radius 2 is 0.882 bits per heavy atom. The van der Waals surface area contributed by atoms with E-state index in [1.807, 2.05) is 91.9 Å². The van der Waals surface area contributed by atoms with E-state index in [1.165, 1.54) is 0 Å². The molecule has 0 atom stereocenters. The van der Waals surface area contributed by atoms with Gasteiger partial charge in [0, 0.05) is 0 Å². The molecule has 2 nitrogen and oxygen atoms in total. The van der Waals surface area contributed by atoms with Crippen molar-refractivity contribution in [1.29, 1.82) is 0 Å². The van der Waals surface area contributed by atoms with Gasteiger partial charge >= 0.3 is 5.97 Å². The van der Waals surface area contributed by atoms with Gasteiger partial charge in [-0.2, -0.15) is 0 Å². The van der Waals surface area contributed by atoms with E-state index in [4.69, 9.17) is 4.74 Å². The third-order valence-corrected chi connectivity index (χ3v) is 5.59. The summed E-state index contributed by atoms with van der Waals surface area (Å²) < 4.78 is 5.52.